The molecule has 0 aromatic heterocycles. The van der Waals surface area contributed by atoms with Gasteiger partial charge in [0.1, 0.15) is 0 Å². The Hall–Kier alpha value is -1.23. The number of ketones is 1. The molecule has 0 saturated carbocycles. The van der Waals surface area contributed by atoms with Crippen LogP contribution < -0.4 is 5.32 Å². The van der Waals surface area contributed by atoms with Gasteiger partial charge in [-0.2, -0.15) is 13.2 Å². The van der Waals surface area contributed by atoms with E-state index in [2.05, 4.69) is 5.32 Å². The Labute approximate surface area is 88.0 Å². The van der Waals surface area contributed by atoms with Crippen molar-refractivity contribution >= 4 is 23.1 Å². The highest BCUT2D eigenvalue weighted by molar-refractivity contribution is 6.35. The highest BCUT2D eigenvalue weighted by Gasteiger charge is 2.38. The molecule has 0 saturated heterocycles. The van der Waals surface area contributed by atoms with E-state index in [1.165, 1.54) is 0 Å². The van der Waals surface area contributed by atoms with E-state index < -0.39 is 17.5 Å². The monoisotopic (exact) mass is 235 g/mol. The summed E-state index contributed by atoms with van der Waals surface area (Å²) >= 11 is 5.67. The van der Waals surface area contributed by atoms with E-state index in [-0.39, 0.29) is 22.8 Å². The molecule has 0 amide bonds. The van der Waals surface area contributed by atoms with Gasteiger partial charge in [0, 0.05) is 0 Å². The molecule has 1 aromatic rings. The molecule has 2 rings (SSSR count). The number of alkyl halides is 3. The third kappa shape index (κ3) is 1.56. The topological polar surface area (TPSA) is 29.1 Å². The Bertz CT molecular complexity index is 442. The third-order valence-corrected chi connectivity index (χ3v) is 2.48. The number of halogens is 4. The number of fused-ring (bicyclic) bond motifs is 1. The molecule has 80 valence electrons. The maximum atomic E-state index is 12.5. The largest absolute Gasteiger partial charge is 0.417 e. The van der Waals surface area contributed by atoms with Crippen molar-refractivity contribution in [3.8, 4) is 0 Å². The van der Waals surface area contributed by atoms with Crippen molar-refractivity contribution in [2.24, 2.45) is 0 Å². The minimum Gasteiger partial charge on any atom is -0.376 e. The highest BCUT2D eigenvalue weighted by Crippen LogP contribution is 2.40. The molecule has 6 heteroatoms. The fourth-order valence-corrected chi connectivity index (χ4v) is 1.76. The molecule has 0 radical (unpaired) electrons. The quantitative estimate of drug-likeness (QED) is 0.749. The molecule has 1 heterocycles. The van der Waals surface area contributed by atoms with Gasteiger partial charge in [0.25, 0.3) is 0 Å². The van der Waals surface area contributed by atoms with Crippen LogP contribution in [0.2, 0.25) is 5.02 Å². The van der Waals surface area contributed by atoms with E-state index in [0.29, 0.717) is 0 Å². The number of benzene rings is 1. The van der Waals surface area contributed by atoms with E-state index >= 15 is 0 Å². The number of nitrogens with one attached hydrogen (secondary N) is 1. The van der Waals surface area contributed by atoms with Crippen molar-refractivity contribution < 1.29 is 18.0 Å². The van der Waals surface area contributed by atoms with Crippen LogP contribution >= 0.6 is 11.6 Å². The lowest BCUT2D eigenvalue weighted by molar-refractivity contribution is -0.137. The van der Waals surface area contributed by atoms with Gasteiger partial charge in [-0.15, -0.1) is 0 Å². The van der Waals surface area contributed by atoms with Crippen LogP contribution in [-0.2, 0) is 6.18 Å². The minimum atomic E-state index is -4.53. The molecule has 0 atom stereocenters. The first-order chi connectivity index (χ1) is 6.91. The number of Topliss-reactive ketones (excluding diaryl/α,β-unsaturated/α-hetero) is 1. The lowest BCUT2D eigenvalue weighted by Gasteiger charge is -2.11. The van der Waals surface area contributed by atoms with Crippen LogP contribution in [0.1, 0.15) is 15.9 Å². The normalized spacial score (nSPS) is 15.1. The smallest absolute Gasteiger partial charge is 0.376 e. The van der Waals surface area contributed by atoms with Crippen molar-refractivity contribution in [2.75, 3.05) is 11.9 Å². The molecule has 1 N–H and O–H groups in total. The molecule has 0 aliphatic carbocycles. The zero-order valence-electron chi connectivity index (χ0n) is 7.28. The maximum absolute atomic E-state index is 12.5. The van der Waals surface area contributed by atoms with E-state index in [1.807, 2.05) is 0 Å². The van der Waals surface area contributed by atoms with Gasteiger partial charge in [-0.3, -0.25) is 4.79 Å². The van der Waals surface area contributed by atoms with Crippen molar-refractivity contribution in [3.05, 3.63) is 28.3 Å². The lowest BCUT2D eigenvalue weighted by atomic mass is 10.0. The molecule has 0 bridgehead atoms. The van der Waals surface area contributed by atoms with Crippen LogP contribution in [0, 0.1) is 0 Å². The number of carbonyl (C=O) groups excluding carboxylic acids is 1. The predicted octanol–water partition coefficient (Wildman–Crippen LogP) is 2.97. The summed E-state index contributed by atoms with van der Waals surface area (Å²) in [4.78, 5) is 11.3. The Kier molecular flexibility index (Phi) is 2.15. The van der Waals surface area contributed by atoms with E-state index in [0.717, 1.165) is 12.1 Å². The van der Waals surface area contributed by atoms with E-state index in [9.17, 15) is 18.0 Å². The van der Waals surface area contributed by atoms with Crippen LogP contribution in [0.4, 0.5) is 18.9 Å². The Morgan fingerprint density at radius 2 is 2.00 bits per heavy atom. The second-order valence-electron chi connectivity index (χ2n) is 3.12. The second-order valence-corrected chi connectivity index (χ2v) is 3.53. The molecule has 2 nitrogen and oxygen atoms in total. The van der Waals surface area contributed by atoms with Crippen LogP contribution in [0.3, 0.4) is 0 Å². The predicted molar refractivity (Wildman–Crippen MR) is 49.3 cm³/mol. The summed E-state index contributed by atoms with van der Waals surface area (Å²) in [5.74, 6) is -0.583. The van der Waals surface area contributed by atoms with Crippen LogP contribution in [0.25, 0.3) is 0 Å². The summed E-state index contributed by atoms with van der Waals surface area (Å²) in [5, 5.41) is 2.68. The fourth-order valence-electron chi connectivity index (χ4n) is 1.53. The molecule has 15 heavy (non-hydrogen) atoms. The van der Waals surface area contributed by atoms with Gasteiger partial charge < -0.3 is 5.32 Å². The van der Waals surface area contributed by atoms with Gasteiger partial charge in [-0.1, -0.05) is 11.6 Å². The summed E-state index contributed by atoms with van der Waals surface area (Å²) in [6, 6.07) is 1.96. The standard InChI is InChI=1S/C9H5ClF3NO/c10-5-2-1-4(9(11,12)13)7-6(15)3-14-8(5)7/h1-2,14H,3H2. The Morgan fingerprint density at radius 1 is 1.33 bits per heavy atom. The summed E-state index contributed by atoms with van der Waals surface area (Å²) in [7, 11) is 0. The molecule has 1 aliphatic heterocycles. The SMILES string of the molecule is O=C1CNc2c(Cl)ccc(C(F)(F)F)c21. The van der Waals surface area contributed by atoms with E-state index in [1.54, 1.807) is 0 Å². The number of rotatable bonds is 0. The van der Waals surface area contributed by atoms with Gasteiger partial charge in [0.05, 0.1) is 28.4 Å². The summed E-state index contributed by atoms with van der Waals surface area (Å²) < 4.78 is 37.6. The van der Waals surface area contributed by atoms with Crippen LogP contribution in [0.5, 0.6) is 0 Å². The Balaban J connectivity index is 2.70. The Morgan fingerprint density at radius 3 is 2.60 bits per heavy atom. The summed E-state index contributed by atoms with van der Waals surface area (Å²) in [6.07, 6.45) is -4.53. The fraction of sp³-hybridized carbons (Fsp3) is 0.222. The maximum Gasteiger partial charge on any atom is 0.417 e. The number of anilines is 1. The first-order valence-corrected chi connectivity index (χ1v) is 4.46. The first-order valence-electron chi connectivity index (χ1n) is 4.08. The molecular weight excluding hydrogens is 231 g/mol. The third-order valence-electron chi connectivity index (χ3n) is 2.16. The van der Waals surface area contributed by atoms with Crippen LogP contribution in [-0.4, -0.2) is 12.3 Å². The minimum absolute atomic E-state index is 0.0801. The van der Waals surface area contributed by atoms with Crippen molar-refractivity contribution in [2.45, 2.75) is 6.18 Å². The molecule has 1 aromatic carbocycles. The average molecular weight is 236 g/mol. The molecular formula is C9H5ClF3NO. The van der Waals surface area contributed by atoms with Crippen LogP contribution in [0.15, 0.2) is 12.1 Å². The highest BCUT2D eigenvalue weighted by atomic mass is 35.5. The molecule has 0 spiro atoms. The van der Waals surface area contributed by atoms with Gasteiger partial charge in [-0.25, -0.2) is 0 Å². The lowest BCUT2D eigenvalue weighted by Crippen LogP contribution is -2.11. The van der Waals surface area contributed by atoms with Gasteiger partial charge in [0.15, 0.2) is 5.78 Å². The molecule has 0 unspecified atom stereocenters. The summed E-state index contributed by atoms with van der Waals surface area (Å²) in [5.41, 5.74) is -1.21. The molecule has 1 aliphatic rings. The van der Waals surface area contributed by atoms with Crippen molar-refractivity contribution in [1.29, 1.82) is 0 Å². The number of carbonyl (C=O) groups is 1. The summed E-state index contributed by atoms with van der Waals surface area (Å²) in [6.45, 7) is -0.137. The van der Waals surface area contributed by atoms with Crippen molar-refractivity contribution in [1.82, 2.24) is 0 Å². The first kappa shape index (κ1) is 10.3. The second kappa shape index (κ2) is 3.13. The van der Waals surface area contributed by atoms with Gasteiger partial charge in [0.2, 0.25) is 0 Å². The van der Waals surface area contributed by atoms with Crippen molar-refractivity contribution in [3.63, 3.8) is 0 Å². The zero-order chi connectivity index (χ0) is 11.2. The number of hydrogen-bond acceptors (Lipinski definition) is 2. The van der Waals surface area contributed by atoms with Gasteiger partial charge >= 0.3 is 6.18 Å². The van der Waals surface area contributed by atoms with E-state index in [4.69, 9.17) is 11.6 Å². The zero-order valence-corrected chi connectivity index (χ0v) is 8.04. The number of hydrogen-bond donors (Lipinski definition) is 1. The average Bonchev–Trinajstić information content (AvgIpc) is 2.48. The van der Waals surface area contributed by atoms with Gasteiger partial charge in [-0.05, 0) is 12.1 Å². The molecule has 0 fully saturated rings.